The highest BCUT2D eigenvalue weighted by Crippen LogP contribution is 2.17. The smallest absolute Gasteiger partial charge is 0.257 e. The van der Waals surface area contributed by atoms with Gasteiger partial charge in [0.1, 0.15) is 49.4 Å². The Labute approximate surface area is 170 Å². The van der Waals surface area contributed by atoms with Crippen LogP contribution in [0.3, 0.4) is 0 Å². The Morgan fingerprint density at radius 1 is 1.03 bits per heavy atom. The van der Waals surface area contributed by atoms with E-state index in [1.54, 1.807) is 0 Å². The van der Waals surface area contributed by atoms with Gasteiger partial charge in [0.25, 0.3) is 5.91 Å². The summed E-state index contributed by atoms with van der Waals surface area (Å²) in [4.78, 5) is 17.4. The number of amides is 1. The zero-order valence-electron chi connectivity index (χ0n) is 17.3. The van der Waals surface area contributed by atoms with Gasteiger partial charge in [-0.05, 0) is 24.3 Å². The fourth-order valence-electron chi connectivity index (χ4n) is 3.85. The van der Waals surface area contributed by atoms with E-state index < -0.39 is 23.1 Å². The first-order valence-electron chi connectivity index (χ1n) is 10.0. The third-order valence-corrected chi connectivity index (χ3v) is 5.71. The third kappa shape index (κ3) is 5.10. The van der Waals surface area contributed by atoms with Gasteiger partial charge in [0.2, 0.25) is 0 Å². The van der Waals surface area contributed by atoms with E-state index in [-0.39, 0.29) is 6.04 Å². The molecule has 0 aromatic heterocycles. The molecule has 2 aromatic carbocycles. The lowest BCUT2D eigenvalue weighted by Crippen LogP contribution is -3.27. The first-order valence-corrected chi connectivity index (χ1v) is 10.0. The molecule has 1 heterocycles. The van der Waals surface area contributed by atoms with E-state index in [2.05, 4.69) is 36.6 Å². The SMILES string of the molecule is CN(C)c1ccc([C@H](CNC(=O)c2c(F)cccc2F)[NH+]2CC[NH+](C)CC2)cc1. The molecule has 5 nitrogen and oxygen atoms in total. The first kappa shape index (κ1) is 21.2. The third-order valence-electron chi connectivity index (χ3n) is 5.71. The van der Waals surface area contributed by atoms with Crippen LogP contribution in [-0.2, 0) is 0 Å². The summed E-state index contributed by atoms with van der Waals surface area (Å²) in [6.07, 6.45) is 0. The molecule has 0 radical (unpaired) electrons. The Morgan fingerprint density at radius 3 is 2.17 bits per heavy atom. The highest BCUT2D eigenvalue weighted by molar-refractivity contribution is 5.94. The molecule has 1 fully saturated rings. The lowest BCUT2D eigenvalue weighted by Gasteiger charge is -2.33. The molecule has 1 atom stereocenters. The van der Waals surface area contributed by atoms with Gasteiger partial charge >= 0.3 is 0 Å². The van der Waals surface area contributed by atoms with E-state index in [0.717, 1.165) is 49.6 Å². The molecular formula is C22H30F2N4O+2. The maximum Gasteiger partial charge on any atom is 0.257 e. The molecule has 0 spiro atoms. The minimum Gasteiger partial charge on any atom is -0.378 e. The molecule has 1 amide bonds. The van der Waals surface area contributed by atoms with Crippen molar-refractivity contribution < 1.29 is 23.4 Å². The van der Waals surface area contributed by atoms with Crippen LogP contribution in [0.25, 0.3) is 0 Å². The first-order chi connectivity index (χ1) is 13.9. The number of anilines is 1. The molecular weight excluding hydrogens is 374 g/mol. The summed E-state index contributed by atoms with van der Waals surface area (Å²) < 4.78 is 27.9. The summed E-state index contributed by atoms with van der Waals surface area (Å²) in [6, 6.07) is 11.8. The van der Waals surface area contributed by atoms with Crippen LogP contribution in [-0.4, -0.2) is 59.8 Å². The Hall–Kier alpha value is -2.51. The van der Waals surface area contributed by atoms with Gasteiger partial charge in [0.05, 0.1) is 13.6 Å². The average molecular weight is 405 g/mol. The van der Waals surface area contributed by atoms with Crippen LogP contribution in [0.15, 0.2) is 42.5 Å². The number of rotatable bonds is 6. The lowest BCUT2D eigenvalue weighted by atomic mass is 10.0. The van der Waals surface area contributed by atoms with Gasteiger partial charge in [-0.2, -0.15) is 0 Å². The summed E-state index contributed by atoms with van der Waals surface area (Å²) in [5, 5.41) is 2.77. The quantitative estimate of drug-likeness (QED) is 0.630. The number of nitrogens with zero attached hydrogens (tertiary/aromatic N) is 1. The Balaban J connectivity index is 1.78. The Bertz CT molecular complexity index is 813. The van der Waals surface area contributed by atoms with Crippen molar-refractivity contribution in [2.75, 3.05) is 58.8 Å². The van der Waals surface area contributed by atoms with Crippen LogP contribution in [0.2, 0.25) is 0 Å². The van der Waals surface area contributed by atoms with Crippen LogP contribution < -0.4 is 20.0 Å². The standard InChI is InChI=1S/C22H28F2N4O/c1-26(2)17-9-7-16(8-10-17)20(28-13-11-27(3)12-14-28)15-25-22(29)21-18(23)5-4-6-19(21)24/h4-10,20H,11-15H2,1-3H3,(H,25,29)/p+2/t20-/m0/s1. The number of quaternary nitrogens is 2. The van der Waals surface area contributed by atoms with Crippen LogP contribution in [0.1, 0.15) is 22.0 Å². The highest BCUT2D eigenvalue weighted by Gasteiger charge is 2.30. The molecule has 1 aliphatic rings. The maximum absolute atomic E-state index is 14.0. The molecule has 1 saturated heterocycles. The van der Waals surface area contributed by atoms with Crippen LogP contribution in [0.4, 0.5) is 14.5 Å². The largest absolute Gasteiger partial charge is 0.378 e. The molecule has 2 aromatic rings. The van der Waals surface area contributed by atoms with Crippen molar-refractivity contribution in [3.8, 4) is 0 Å². The number of hydrogen-bond donors (Lipinski definition) is 3. The van der Waals surface area contributed by atoms with Crippen molar-refractivity contribution in [3.63, 3.8) is 0 Å². The molecule has 29 heavy (non-hydrogen) atoms. The fourth-order valence-corrected chi connectivity index (χ4v) is 3.85. The summed E-state index contributed by atoms with van der Waals surface area (Å²) in [6.45, 7) is 4.39. The van der Waals surface area contributed by atoms with E-state index in [1.807, 2.05) is 19.0 Å². The van der Waals surface area contributed by atoms with Crippen LogP contribution in [0, 0.1) is 11.6 Å². The van der Waals surface area contributed by atoms with Crippen molar-refractivity contribution in [3.05, 3.63) is 65.2 Å². The minimum absolute atomic E-state index is 0.0260. The van der Waals surface area contributed by atoms with E-state index >= 15 is 0 Å². The molecule has 7 heteroatoms. The van der Waals surface area contributed by atoms with Crippen LogP contribution >= 0.6 is 0 Å². The van der Waals surface area contributed by atoms with Crippen molar-refractivity contribution in [2.45, 2.75) is 6.04 Å². The van der Waals surface area contributed by atoms with Crippen molar-refractivity contribution >= 4 is 11.6 Å². The van der Waals surface area contributed by atoms with Crippen molar-refractivity contribution in [1.82, 2.24) is 5.32 Å². The summed E-state index contributed by atoms with van der Waals surface area (Å²) in [5.74, 6) is -2.40. The topological polar surface area (TPSA) is 41.2 Å². The average Bonchev–Trinajstić information content (AvgIpc) is 2.69. The molecule has 0 aliphatic carbocycles. The summed E-state index contributed by atoms with van der Waals surface area (Å²) in [5.41, 5.74) is 1.69. The zero-order valence-corrected chi connectivity index (χ0v) is 17.3. The number of piperazine rings is 1. The monoisotopic (exact) mass is 404 g/mol. The van der Waals surface area contributed by atoms with Gasteiger partial charge in [-0.1, -0.05) is 18.2 Å². The fraction of sp³-hybridized carbons (Fsp3) is 0.409. The van der Waals surface area contributed by atoms with Gasteiger partial charge in [0.15, 0.2) is 0 Å². The minimum atomic E-state index is -0.843. The van der Waals surface area contributed by atoms with E-state index in [0.29, 0.717) is 6.54 Å². The van der Waals surface area contributed by atoms with Crippen molar-refractivity contribution in [2.24, 2.45) is 0 Å². The number of hydrogen-bond acceptors (Lipinski definition) is 2. The summed E-state index contributed by atoms with van der Waals surface area (Å²) in [7, 11) is 6.16. The van der Waals surface area contributed by atoms with E-state index in [4.69, 9.17) is 0 Å². The summed E-state index contributed by atoms with van der Waals surface area (Å²) >= 11 is 0. The van der Waals surface area contributed by atoms with Gasteiger partial charge in [-0.3, -0.25) is 4.79 Å². The van der Waals surface area contributed by atoms with Gasteiger partial charge in [0, 0.05) is 25.3 Å². The number of carbonyl (C=O) groups is 1. The second-order valence-corrected chi connectivity index (χ2v) is 7.96. The number of halogens is 2. The van der Waals surface area contributed by atoms with Gasteiger partial charge in [-0.15, -0.1) is 0 Å². The molecule has 0 bridgehead atoms. The lowest BCUT2D eigenvalue weighted by molar-refractivity contribution is -1.02. The van der Waals surface area contributed by atoms with Crippen LogP contribution in [0.5, 0.6) is 0 Å². The predicted octanol–water partition coefficient (Wildman–Crippen LogP) is -0.0849. The molecule has 0 unspecified atom stereocenters. The molecule has 3 N–H and O–H groups in total. The second-order valence-electron chi connectivity index (χ2n) is 7.96. The second kappa shape index (κ2) is 9.33. The number of benzene rings is 2. The normalized spacial score (nSPS) is 20.2. The van der Waals surface area contributed by atoms with Gasteiger partial charge in [-0.25, -0.2) is 8.78 Å². The number of carbonyl (C=O) groups excluding carboxylic acids is 1. The molecule has 0 saturated carbocycles. The highest BCUT2D eigenvalue weighted by atomic mass is 19.1. The molecule has 3 rings (SSSR count). The molecule has 156 valence electrons. The predicted molar refractivity (Wildman–Crippen MR) is 110 cm³/mol. The van der Waals surface area contributed by atoms with E-state index in [1.165, 1.54) is 15.9 Å². The Morgan fingerprint density at radius 2 is 1.62 bits per heavy atom. The zero-order chi connectivity index (χ0) is 21.0. The Kier molecular flexibility index (Phi) is 6.82. The maximum atomic E-state index is 14.0. The van der Waals surface area contributed by atoms with E-state index in [9.17, 15) is 13.6 Å². The molecule has 1 aliphatic heterocycles. The number of likely N-dealkylation sites (N-methyl/N-ethyl adjacent to an activating group) is 1. The number of nitrogens with one attached hydrogen (secondary N) is 3. The van der Waals surface area contributed by atoms with Gasteiger partial charge < -0.3 is 20.0 Å². The van der Waals surface area contributed by atoms with Crippen molar-refractivity contribution in [1.29, 1.82) is 0 Å².